The number of nitro groups is 1. The molecule has 0 amide bonds. The molecule has 0 saturated heterocycles. The van der Waals surface area contributed by atoms with Gasteiger partial charge in [-0.05, 0) is 31.2 Å². The number of nitrogens with zero attached hydrogens (tertiary/aromatic N) is 2. The fourth-order valence-corrected chi connectivity index (χ4v) is 2.05. The molecular weight excluding hydrogens is 343 g/mol. The van der Waals surface area contributed by atoms with E-state index in [0.717, 1.165) is 0 Å². The van der Waals surface area contributed by atoms with Crippen molar-refractivity contribution in [3.8, 4) is 0 Å². The lowest BCUT2D eigenvalue weighted by Crippen LogP contribution is -2.05. The molecule has 2 N–H and O–H groups in total. The van der Waals surface area contributed by atoms with Crippen LogP contribution in [0.25, 0.3) is 0 Å². The first kappa shape index (κ1) is 15.2. The van der Waals surface area contributed by atoms with Crippen molar-refractivity contribution >= 4 is 38.9 Å². The van der Waals surface area contributed by atoms with Gasteiger partial charge in [0.15, 0.2) is 0 Å². The fraction of sp³-hybridized carbons (Fsp3) is 0.154. The van der Waals surface area contributed by atoms with Gasteiger partial charge in [0, 0.05) is 17.1 Å². The molecule has 0 aliphatic heterocycles. The third kappa shape index (κ3) is 3.66. The van der Waals surface area contributed by atoms with E-state index in [1.165, 1.54) is 30.3 Å². The van der Waals surface area contributed by atoms with Crippen LogP contribution in [0.2, 0.25) is 0 Å². The van der Waals surface area contributed by atoms with Gasteiger partial charge in [0.25, 0.3) is 0 Å². The van der Waals surface area contributed by atoms with Crippen LogP contribution in [0.15, 0.2) is 34.8 Å². The predicted molar refractivity (Wildman–Crippen MR) is 82.4 cm³/mol. The van der Waals surface area contributed by atoms with Crippen molar-refractivity contribution in [2.75, 3.05) is 17.2 Å². The Kier molecular flexibility index (Phi) is 4.69. The molecule has 0 spiro atoms. The van der Waals surface area contributed by atoms with Gasteiger partial charge < -0.3 is 10.6 Å². The number of hydrogen-bond acceptors (Lipinski definition) is 5. The number of benzene rings is 1. The zero-order valence-electron chi connectivity index (χ0n) is 11.1. The summed E-state index contributed by atoms with van der Waals surface area (Å²) in [5.74, 6) is -0.0698. The molecule has 0 fully saturated rings. The number of pyridine rings is 1. The Hall–Kier alpha value is -2.22. The average molecular weight is 355 g/mol. The Balaban J connectivity index is 2.43. The molecule has 21 heavy (non-hydrogen) atoms. The standard InChI is InChI=1S/C13H12BrFN4O2/c1-2-16-12-6-5-11(19(20)21)13(18-12)17-10-7-8(14)3-4-9(10)15/h3-7H,2H2,1H3,(H2,16,17,18). The average Bonchev–Trinajstić information content (AvgIpc) is 2.43. The number of aromatic nitrogens is 1. The third-order valence-corrected chi connectivity index (χ3v) is 3.10. The molecule has 2 aromatic rings. The minimum absolute atomic E-state index is 0.0181. The molecule has 2 rings (SSSR count). The van der Waals surface area contributed by atoms with Crippen LogP contribution in [0.3, 0.4) is 0 Å². The number of anilines is 3. The Bertz CT molecular complexity index is 681. The summed E-state index contributed by atoms with van der Waals surface area (Å²) in [6.07, 6.45) is 0. The highest BCUT2D eigenvalue weighted by atomic mass is 79.9. The van der Waals surface area contributed by atoms with Gasteiger partial charge in [-0.15, -0.1) is 0 Å². The summed E-state index contributed by atoms with van der Waals surface area (Å²) in [5.41, 5.74) is -0.121. The Morgan fingerprint density at radius 1 is 1.38 bits per heavy atom. The summed E-state index contributed by atoms with van der Waals surface area (Å²) in [6.45, 7) is 2.50. The van der Waals surface area contributed by atoms with Crippen LogP contribution in [0.1, 0.15) is 6.92 Å². The Morgan fingerprint density at radius 3 is 2.81 bits per heavy atom. The van der Waals surface area contributed by atoms with E-state index in [4.69, 9.17) is 0 Å². The first-order valence-corrected chi connectivity index (χ1v) is 6.92. The first-order chi connectivity index (χ1) is 10.0. The van der Waals surface area contributed by atoms with Gasteiger partial charge in [0.2, 0.25) is 5.82 Å². The summed E-state index contributed by atoms with van der Waals surface area (Å²) in [7, 11) is 0. The SMILES string of the molecule is CCNc1ccc([N+](=O)[O-])c(Nc2cc(Br)ccc2F)n1. The third-order valence-electron chi connectivity index (χ3n) is 2.61. The van der Waals surface area contributed by atoms with Gasteiger partial charge in [0.1, 0.15) is 11.6 Å². The van der Waals surface area contributed by atoms with Crippen molar-refractivity contribution in [2.24, 2.45) is 0 Å². The highest BCUT2D eigenvalue weighted by Crippen LogP contribution is 2.29. The van der Waals surface area contributed by atoms with Crippen molar-refractivity contribution in [1.29, 1.82) is 0 Å². The van der Waals surface area contributed by atoms with Crippen LogP contribution >= 0.6 is 15.9 Å². The van der Waals surface area contributed by atoms with Gasteiger partial charge in [-0.1, -0.05) is 15.9 Å². The molecule has 0 unspecified atom stereocenters. The maximum atomic E-state index is 13.7. The minimum Gasteiger partial charge on any atom is -0.370 e. The van der Waals surface area contributed by atoms with E-state index >= 15 is 0 Å². The highest BCUT2D eigenvalue weighted by Gasteiger charge is 2.17. The van der Waals surface area contributed by atoms with Crippen LogP contribution in [0, 0.1) is 15.9 Å². The Labute approximate surface area is 128 Å². The summed E-state index contributed by atoms with van der Waals surface area (Å²) in [5, 5.41) is 16.6. The van der Waals surface area contributed by atoms with Crippen molar-refractivity contribution in [2.45, 2.75) is 6.92 Å². The Morgan fingerprint density at radius 2 is 2.14 bits per heavy atom. The number of hydrogen-bond donors (Lipinski definition) is 2. The normalized spacial score (nSPS) is 10.2. The smallest absolute Gasteiger partial charge is 0.311 e. The second-order valence-electron chi connectivity index (χ2n) is 4.10. The van der Waals surface area contributed by atoms with E-state index in [0.29, 0.717) is 16.8 Å². The summed E-state index contributed by atoms with van der Waals surface area (Å²) in [6, 6.07) is 7.11. The molecule has 110 valence electrons. The second kappa shape index (κ2) is 6.49. The van der Waals surface area contributed by atoms with Crippen LogP contribution < -0.4 is 10.6 Å². The highest BCUT2D eigenvalue weighted by molar-refractivity contribution is 9.10. The first-order valence-electron chi connectivity index (χ1n) is 6.12. The molecule has 0 bridgehead atoms. The van der Waals surface area contributed by atoms with Crippen molar-refractivity contribution in [3.05, 3.63) is 50.7 Å². The van der Waals surface area contributed by atoms with E-state index in [9.17, 15) is 14.5 Å². The van der Waals surface area contributed by atoms with Gasteiger partial charge in [-0.25, -0.2) is 9.37 Å². The maximum absolute atomic E-state index is 13.7. The van der Waals surface area contributed by atoms with E-state index in [1.54, 1.807) is 0 Å². The number of nitrogens with one attached hydrogen (secondary N) is 2. The zero-order valence-corrected chi connectivity index (χ0v) is 12.6. The zero-order chi connectivity index (χ0) is 15.4. The number of halogens is 2. The van der Waals surface area contributed by atoms with Crippen molar-refractivity contribution < 1.29 is 9.31 Å². The van der Waals surface area contributed by atoms with Crippen LogP contribution in [0.5, 0.6) is 0 Å². The summed E-state index contributed by atoms with van der Waals surface area (Å²) < 4.78 is 14.4. The van der Waals surface area contributed by atoms with Gasteiger partial charge in [0.05, 0.1) is 10.6 Å². The fourth-order valence-electron chi connectivity index (χ4n) is 1.69. The minimum atomic E-state index is -0.569. The molecule has 0 radical (unpaired) electrons. The molecule has 0 atom stereocenters. The largest absolute Gasteiger partial charge is 0.370 e. The van der Waals surface area contributed by atoms with Crippen LogP contribution in [-0.2, 0) is 0 Å². The maximum Gasteiger partial charge on any atom is 0.311 e. The monoisotopic (exact) mass is 354 g/mol. The van der Waals surface area contributed by atoms with Gasteiger partial charge >= 0.3 is 5.69 Å². The summed E-state index contributed by atoms with van der Waals surface area (Å²) in [4.78, 5) is 14.6. The van der Waals surface area contributed by atoms with Gasteiger partial charge in [-0.3, -0.25) is 10.1 Å². The molecule has 1 aromatic carbocycles. The summed E-state index contributed by atoms with van der Waals surface area (Å²) >= 11 is 3.22. The molecule has 6 nitrogen and oxygen atoms in total. The van der Waals surface area contributed by atoms with Gasteiger partial charge in [-0.2, -0.15) is 0 Å². The lowest BCUT2D eigenvalue weighted by molar-refractivity contribution is -0.384. The van der Waals surface area contributed by atoms with E-state index < -0.39 is 10.7 Å². The molecule has 1 heterocycles. The molecule has 8 heteroatoms. The van der Waals surface area contributed by atoms with Crippen LogP contribution in [0.4, 0.5) is 27.4 Å². The van der Waals surface area contributed by atoms with Crippen LogP contribution in [-0.4, -0.2) is 16.5 Å². The van der Waals surface area contributed by atoms with E-state index in [-0.39, 0.29) is 17.2 Å². The lowest BCUT2D eigenvalue weighted by Gasteiger charge is -2.10. The quantitative estimate of drug-likeness (QED) is 0.624. The van der Waals surface area contributed by atoms with E-state index in [1.807, 2.05) is 6.92 Å². The molecule has 0 saturated carbocycles. The molecule has 0 aliphatic carbocycles. The molecular formula is C13H12BrFN4O2. The lowest BCUT2D eigenvalue weighted by atomic mass is 10.3. The second-order valence-corrected chi connectivity index (χ2v) is 5.02. The number of rotatable bonds is 5. The molecule has 0 aliphatic rings. The van der Waals surface area contributed by atoms with Crippen molar-refractivity contribution in [1.82, 2.24) is 4.98 Å². The topological polar surface area (TPSA) is 80.1 Å². The van der Waals surface area contributed by atoms with Crippen molar-refractivity contribution in [3.63, 3.8) is 0 Å². The predicted octanol–water partition coefficient (Wildman–Crippen LogP) is 4.07. The molecule has 1 aromatic heterocycles. The van der Waals surface area contributed by atoms with E-state index in [2.05, 4.69) is 31.5 Å².